The first kappa shape index (κ1) is 10.6. The van der Waals surface area contributed by atoms with Crippen molar-refractivity contribution in [3.8, 4) is 0 Å². The van der Waals surface area contributed by atoms with Gasteiger partial charge in [-0.1, -0.05) is 12.8 Å². The molecule has 3 heteroatoms. The quantitative estimate of drug-likeness (QED) is 0.739. The fourth-order valence-corrected chi connectivity index (χ4v) is 3.64. The molecule has 3 rings (SSSR count). The van der Waals surface area contributed by atoms with E-state index >= 15 is 0 Å². The Kier molecular flexibility index (Phi) is 2.88. The molecule has 0 aromatic rings. The average Bonchev–Trinajstić information content (AvgIpc) is 3.04. The van der Waals surface area contributed by atoms with Gasteiger partial charge in [0, 0.05) is 12.0 Å². The Bertz CT molecular complexity index is 261. The maximum absolute atomic E-state index is 12.1. The average molecular weight is 222 g/mol. The SMILES string of the molecule is O=C(NC1CCNCC1)C1C2CCCCC21. The van der Waals surface area contributed by atoms with E-state index in [0.29, 0.717) is 17.9 Å². The van der Waals surface area contributed by atoms with Crippen LogP contribution in [0.4, 0.5) is 0 Å². The second-order valence-electron chi connectivity index (χ2n) is 5.67. The summed E-state index contributed by atoms with van der Waals surface area (Å²) in [6, 6.07) is 0.441. The van der Waals surface area contributed by atoms with E-state index in [1.54, 1.807) is 0 Å². The maximum Gasteiger partial charge on any atom is 0.223 e. The second kappa shape index (κ2) is 4.36. The van der Waals surface area contributed by atoms with Gasteiger partial charge in [-0.3, -0.25) is 4.79 Å². The van der Waals surface area contributed by atoms with E-state index in [4.69, 9.17) is 0 Å². The fourth-order valence-electron chi connectivity index (χ4n) is 3.64. The van der Waals surface area contributed by atoms with Crippen molar-refractivity contribution in [1.82, 2.24) is 10.6 Å². The van der Waals surface area contributed by atoms with E-state index in [1.807, 2.05) is 0 Å². The molecule has 3 fully saturated rings. The lowest BCUT2D eigenvalue weighted by atomic mass is 10.0. The maximum atomic E-state index is 12.1. The lowest BCUT2D eigenvalue weighted by Crippen LogP contribution is -2.43. The van der Waals surface area contributed by atoms with Crippen LogP contribution in [0.3, 0.4) is 0 Å². The van der Waals surface area contributed by atoms with E-state index in [0.717, 1.165) is 37.8 Å². The van der Waals surface area contributed by atoms with E-state index < -0.39 is 0 Å². The predicted octanol–water partition coefficient (Wildman–Crippen LogP) is 1.29. The lowest BCUT2D eigenvalue weighted by molar-refractivity contribution is -0.123. The summed E-state index contributed by atoms with van der Waals surface area (Å²) in [5.74, 6) is 2.24. The summed E-state index contributed by atoms with van der Waals surface area (Å²) in [4.78, 5) is 12.1. The molecule has 2 unspecified atom stereocenters. The fraction of sp³-hybridized carbons (Fsp3) is 0.923. The molecular formula is C13H22N2O. The first-order valence-electron chi connectivity index (χ1n) is 6.87. The van der Waals surface area contributed by atoms with Crippen molar-refractivity contribution in [2.45, 2.75) is 44.6 Å². The molecule has 0 radical (unpaired) electrons. The largest absolute Gasteiger partial charge is 0.353 e. The molecule has 2 atom stereocenters. The molecular weight excluding hydrogens is 200 g/mol. The van der Waals surface area contributed by atoms with Crippen LogP contribution in [0, 0.1) is 17.8 Å². The summed E-state index contributed by atoms with van der Waals surface area (Å²) >= 11 is 0. The van der Waals surface area contributed by atoms with Crippen LogP contribution in [0.2, 0.25) is 0 Å². The van der Waals surface area contributed by atoms with Gasteiger partial charge in [0.25, 0.3) is 0 Å². The van der Waals surface area contributed by atoms with Gasteiger partial charge in [-0.15, -0.1) is 0 Å². The highest BCUT2D eigenvalue weighted by atomic mass is 16.2. The minimum Gasteiger partial charge on any atom is -0.353 e. The number of nitrogens with one attached hydrogen (secondary N) is 2. The van der Waals surface area contributed by atoms with Gasteiger partial charge >= 0.3 is 0 Å². The number of hydrogen-bond acceptors (Lipinski definition) is 2. The minimum atomic E-state index is 0.365. The van der Waals surface area contributed by atoms with Crippen molar-refractivity contribution in [3.05, 3.63) is 0 Å². The van der Waals surface area contributed by atoms with Gasteiger partial charge < -0.3 is 10.6 Å². The molecule has 0 aromatic carbocycles. The molecule has 90 valence electrons. The van der Waals surface area contributed by atoms with E-state index in [-0.39, 0.29) is 0 Å². The number of hydrogen-bond donors (Lipinski definition) is 2. The zero-order chi connectivity index (χ0) is 11.0. The van der Waals surface area contributed by atoms with E-state index in [1.165, 1.54) is 25.7 Å². The van der Waals surface area contributed by atoms with E-state index in [9.17, 15) is 4.79 Å². The van der Waals surface area contributed by atoms with Crippen LogP contribution >= 0.6 is 0 Å². The van der Waals surface area contributed by atoms with Crippen molar-refractivity contribution in [3.63, 3.8) is 0 Å². The normalized spacial score (nSPS) is 38.9. The topological polar surface area (TPSA) is 41.1 Å². The Morgan fingerprint density at radius 3 is 2.25 bits per heavy atom. The smallest absolute Gasteiger partial charge is 0.223 e. The summed E-state index contributed by atoms with van der Waals surface area (Å²) in [6.07, 6.45) is 7.50. The molecule has 0 aromatic heterocycles. The molecule has 3 aliphatic rings. The van der Waals surface area contributed by atoms with Crippen LogP contribution in [-0.4, -0.2) is 25.0 Å². The zero-order valence-electron chi connectivity index (χ0n) is 9.87. The van der Waals surface area contributed by atoms with Gasteiger partial charge in [-0.2, -0.15) is 0 Å². The Morgan fingerprint density at radius 1 is 1.00 bits per heavy atom. The number of carbonyl (C=O) groups excluding carboxylic acids is 1. The molecule has 2 saturated carbocycles. The van der Waals surface area contributed by atoms with Gasteiger partial charge in [-0.05, 0) is 50.6 Å². The molecule has 1 amide bonds. The molecule has 2 N–H and O–H groups in total. The first-order chi connectivity index (χ1) is 7.86. The predicted molar refractivity (Wildman–Crippen MR) is 63.0 cm³/mol. The third kappa shape index (κ3) is 1.97. The van der Waals surface area contributed by atoms with Crippen molar-refractivity contribution >= 4 is 5.91 Å². The highest BCUT2D eigenvalue weighted by Crippen LogP contribution is 2.55. The van der Waals surface area contributed by atoms with Crippen molar-refractivity contribution in [1.29, 1.82) is 0 Å². The molecule has 16 heavy (non-hydrogen) atoms. The summed E-state index contributed by atoms with van der Waals surface area (Å²) in [5, 5.41) is 6.59. The molecule has 1 heterocycles. The van der Waals surface area contributed by atoms with Gasteiger partial charge in [0.15, 0.2) is 0 Å². The van der Waals surface area contributed by atoms with Crippen molar-refractivity contribution in [2.24, 2.45) is 17.8 Å². The Hall–Kier alpha value is -0.570. The number of rotatable bonds is 2. The van der Waals surface area contributed by atoms with Crippen LogP contribution in [0.15, 0.2) is 0 Å². The van der Waals surface area contributed by atoms with Gasteiger partial charge in [-0.25, -0.2) is 0 Å². The highest BCUT2D eigenvalue weighted by Gasteiger charge is 2.54. The Labute approximate surface area is 97.4 Å². The molecule has 1 aliphatic heterocycles. The van der Waals surface area contributed by atoms with Gasteiger partial charge in [0.2, 0.25) is 5.91 Å². The van der Waals surface area contributed by atoms with Crippen molar-refractivity contribution < 1.29 is 4.79 Å². The summed E-state index contributed by atoms with van der Waals surface area (Å²) < 4.78 is 0. The minimum absolute atomic E-state index is 0.365. The third-order valence-corrected chi connectivity index (χ3v) is 4.64. The van der Waals surface area contributed by atoms with Crippen LogP contribution in [-0.2, 0) is 4.79 Å². The summed E-state index contributed by atoms with van der Waals surface area (Å²) in [7, 11) is 0. The number of carbonyl (C=O) groups is 1. The zero-order valence-corrected chi connectivity index (χ0v) is 9.87. The van der Waals surface area contributed by atoms with Crippen LogP contribution in [0.5, 0.6) is 0 Å². The summed E-state index contributed by atoms with van der Waals surface area (Å²) in [5.41, 5.74) is 0. The van der Waals surface area contributed by atoms with Crippen LogP contribution in [0.1, 0.15) is 38.5 Å². The standard InChI is InChI=1S/C13H22N2O/c16-13(15-9-5-7-14-8-6-9)12-10-3-1-2-4-11(10)12/h9-12,14H,1-8H2,(H,15,16). The number of amides is 1. The molecule has 0 bridgehead atoms. The first-order valence-corrected chi connectivity index (χ1v) is 6.87. The molecule has 0 spiro atoms. The van der Waals surface area contributed by atoms with Crippen LogP contribution in [0.25, 0.3) is 0 Å². The van der Waals surface area contributed by atoms with E-state index in [2.05, 4.69) is 10.6 Å². The van der Waals surface area contributed by atoms with Gasteiger partial charge in [0.05, 0.1) is 0 Å². The second-order valence-corrected chi connectivity index (χ2v) is 5.67. The number of fused-ring (bicyclic) bond motifs is 1. The van der Waals surface area contributed by atoms with Crippen molar-refractivity contribution in [2.75, 3.05) is 13.1 Å². The molecule has 3 nitrogen and oxygen atoms in total. The molecule has 2 aliphatic carbocycles. The monoisotopic (exact) mass is 222 g/mol. The third-order valence-electron chi connectivity index (χ3n) is 4.64. The lowest BCUT2D eigenvalue weighted by Gasteiger charge is -2.23. The highest BCUT2D eigenvalue weighted by molar-refractivity contribution is 5.82. The molecule has 1 saturated heterocycles. The Morgan fingerprint density at radius 2 is 1.62 bits per heavy atom. The van der Waals surface area contributed by atoms with Gasteiger partial charge in [0.1, 0.15) is 0 Å². The Balaban J connectivity index is 1.50. The summed E-state index contributed by atoms with van der Waals surface area (Å²) in [6.45, 7) is 2.12. The van der Waals surface area contributed by atoms with Crippen LogP contribution < -0.4 is 10.6 Å². The number of piperidine rings is 1.